The molecule has 1 N–H and O–H groups in total. The van der Waals surface area contributed by atoms with Gasteiger partial charge in [-0.2, -0.15) is 5.10 Å². The number of nitrogens with zero attached hydrogens (tertiary/aromatic N) is 1. The van der Waals surface area contributed by atoms with Crippen molar-refractivity contribution >= 4 is 28.9 Å². The predicted octanol–water partition coefficient (Wildman–Crippen LogP) is 4.91. The maximum atomic E-state index is 12.7. The van der Waals surface area contributed by atoms with Crippen LogP contribution in [0.25, 0.3) is 10.8 Å². The number of carbonyl (C=O) groups excluding carboxylic acids is 2. The second-order valence-electron chi connectivity index (χ2n) is 7.71. The highest BCUT2D eigenvalue weighted by Gasteiger charge is 2.14. The third kappa shape index (κ3) is 6.03. The van der Waals surface area contributed by atoms with Gasteiger partial charge in [0.2, 0.25) is 0 Å². The summed E-state index contributed by atoms with van der Waals surface area (Å²) < 4.78 is 16.3. The van der Waals surface area contributed by atoms with Crippen molar-refractivity contribution in [2.75, 3.05) is 13.7 Å². The molecule has 0 aliphatic carbocycles. The van der Waals surface area contributed by atoms with Gasteiger partial charge in [0.05, 0.1) is 18.9 Å². The van der Waals surface area contributed by atoms with Gasteiger partial charge in [-0.1, -0.05) is 48.0 Å². The number of hydrazone groups is 1. The van der Waals surface area contributed by atoms with Gasteiger partial charge in [0.15, 0.2) is 6.61 Å². The van der Waals surface area contributed by atoms with Crippen LogP contribution in [0.2, 0.25) is 0 Å². The molecule has 35 heavy (non-hydrogen) atoms. The van der Waals surface area contributed by atoms with Crippen LogP contribution in [0.5, 0.6) is 17.2 Å². The number of fused-ring (bicyclic) bond motifs is 1. The first-order valence-electron chi connectivity index (χ1n) is 10.9. The fourth-order valence-electron chi connectivity index (χ4n) is 3.37. The maximum Gasteiger partial charge on any atom is 0.343 e. The Bertz CT molecular complexity index is 1360. The molecule has 7 nitrogen and oxygen atoms in total. The topological polar surface area (TPSA) is 86.2 Å². The number of nitrogens with one attached hydrogen (secondary N) is 1. The lowest BCUT2D eigenvalue weighted by Crippen LogP contribution is -2.24. The van der Waals surface area contributed by atoms with E-state index in [1.165, 1.54) is 6.21 Å². The van der Waals surface area contributed by atoms with Crippen LogP contribution in [0.4, 0.5) is 0 Å². The predicted molar refractivity (Wildman–Crippen MR) is 134 cm³/mol. The fourth-order valence-corrected chi connectivity index (χ4v) is 3.37. The van der Waals surface area contributed by atoms with Crippen LogP contribution in [0, 0.1) is 6.92 Å². The number of ether oxygens (including phenoxy) is 3. The SMILES string of the molecule is COc1ccc(C(=O)Oc2ccc3ccccc3c2C=NNC(=O)COc2ccc(C)cc2)cc1. The molecule has 7 heteroatoms. The molecule has 0 bridgehead atoms. The van der Waals surface area contributed by atoms with E-state index < -0.39 is 11.9 Å². The van der Waals surface area contributed by atoms with E-state index in [-0.39, 0.29) is 6.61 Å². The molecule has 176 valence electrons. The highest BCUT2D eigenvalue weighted by molar-refractivity contribution is 6.04. The monoisotopic (exact) mass is 468 g/mol. The Hall–Kier alpha value is -4.65. The third-order valence-corrected chi connectivity index (χ3v) is 5.23. The van der Waals surface area contributed by atoms with Crippen LogP contribution in [-0.2, 0) is 4.79 Å². The van der Waals surface area contributed by atoms with Gasteiger partial charge in [0.25, 0.3) is 5.91 Å². The van der Waals surface area contributed by atoms with Gasteiger partial charge in [0.1, 0.15) is 17.2 Å². The first-order chi connectivity index (χ1) is 17.0. The molecule has 0 atom stereocenters. The zero-order valence-electron chi connectivity index (χ0n) is 19.4. The summed E-state index contributed by atoms with van der Waals surface area (Å²) in [7, 11) is 1.56. The Morgan fingerprint density at radius 3 is 2.34 bits per heavy atom. The summed E-state index contributed by atoms with van der Waals surface area (Å²) in [4.78, 5) is 24.9. The zero-order chi connectivity index (χ0) is 24.6. The van der Waals surface area contributed by atoms with Gasteiger partial charge in [-0.25, -0.2) is 10.2 Å². The van der Waals surface area contributed by atoms with Crippen LogP contribution in [0.3, 0.4) is 0 Å². The largest absolute Gasteiger partial charge is 0.497 e. The Morgan fingerprint density at radius 1 is 0.886 bits per heavy atom. The summed E-state index contributed by atoms with van der Waals surface area (Å²) in [5.74, 6) is 0.615. The summed E-state index contributed by atoms with van der Waals surface area (Å²) in [6.45, 7) is 1.79. The Kier molecular flexibility index (Phi) is 7.37. The Morgan fingerprint density at radius 2 is 1.60 bits per heavy atom. The number of carbonyl (C=O) groups is 2. The minimum atomic E-state index is -0.520. The molecular weight excluding hydrogens is 444 g/mol. The number of methoxy groups -OCH3 is 1. The van der Waals surface area contributed by atoms with Crippen molar-refractivity contribution in [1.29, 1.82) is 0 Å². The molecule has 0 aliphatic heterocycles. The van der Waals surface area contributed by atoms with E-state index in [1.54, 1.807) is 49.6 Å². The molecule has 4 rings (SSSR count). The lowest BCUT2D eigenvalue weighted by atomic mass is 10.0. The summed E-state index contributed by atoms with van der Waals surface area (Å²) in [6, 6.07) is 25.2. The lowest BCUT2D eigenvalue weighted by Gasteiger charge is -2.11. The van der Waals surface area contributed by atoms with Crippen LogP contribution in [0.15, 0.2) is 90.0 Å². The highest BCUT2D eigenvalue weighted by Crippen LogP contribution is 2.27. The van der Waals surface area contributed by atoms with E-state index in [2.05, 4.69) is 10.5 Å². The van der Waals surface area contributed by atoms with Gasteiger partial charge < -0.3 is 14.2 Å². The first-order valence-corrected chi connectivity index (χ1v) is 10.9. The quantitative estimate of drug-likeness (QED) is 0.172. The van der Waals surface area contributed by atoms with Gasteiger partial charge in [-0.3, -0.25) is 4.79 Å². The normalized spacial score (nSPS) is 10.8. The van der Waals surface area contributed by atoms with Crippen molar-refractivity contribution in [3.8, 4) is 17.2 Å². The summed E-state index contributed by atoms with van der Waals surface area (Å²) in [5, 5.41) is 5.83. The highest BCUT2D eigenvalue weighted by atomic mass is 16.5. The van der Waals surface area contributed by atoms with Gasteiger partial charge >= 0.3 is 5.97 Å². The van der Waals surface area contributed by atoms with Gasteiger partial charge in [0, 0.05) is 5.56 Å². The number of esters is 1. The molecule has 4 aromatic carbocycles. The summed E-state index contributed by atoms with van der Waals surface area (Å²) in [5.41, 5.74) is 4.49. The number of rotatable bonds is 8. The third-order valence-electron chi connectivity index (χ3n) is 5.23. The van der Waals surface area contributed by atoms with E-state index in [0.717, 1.165) is 16.3 Å². The maximum absolute atomic E-state index is 12.7. The molecule has 0 unspecified atom stereocenters. The van der Waals surface area contributed by atoms with Gasteiger partial charge in [-0.05, 0) is 60.2 Å². The molecule has 0 saturated heterocycles. The number of benzene rings is 4. The molecule has 0 aliphatic rings. The van der Waals surface area contributed by atoms with Crippen molar-refractivity contribution < 1.29 is 23.8 Å². The molecule has 0 heterocycles. The zero-order valence-corrected chi connectivity index (χ0v) is 19.4. The summed E-state index contributed by atoms with van der Waals surface area (Å²) in [6.07, 6.45) is 1.46. The van der Waals surface area contributed by atoms with Crippen molar-refractivity contribution in [2.45, 2.75) is 6.92 Å². The molecule has 0 aromatic heterocycles. The number of hydrogen-bond acceptors (Lipinski definition) is 6. The molecule has 0 radical (unpaired) electrons. The van der Waals surface area contributed by atoms with Crippen LogP contribution < -0.4 is 19.6 Å². The van der Waals surface area contributed by atoms with Crippen LogP contribution in [0.1, 0.15) is 21.5 Å². The van der Waals surface area contributed by atoms with Crippen molar-refractivity contribution in [3.63, 3.8) is 0 Å². The second-order valence-corrected chi connectivity index (χ2v) is 7.71. The average Bonchev–Trinajstić information content (AvgIpc) is 2.89. The van der Waals surface area contributed by atoms with E-state index in [4.69, 9.17) is 14.2 Å². The number of aryl methyl sites for hydroxylation is 1. The molecule has 0 saturated carbocycles. The molecular formula is C28H24N2O5. The number of hydrogen-bond donors (Lipinski definition) is 1. The number of amides is 1. The minimum Gasteiger partial charge on any atom is -0.497 e. The Labute approximate surface area is 202 Å². The van der Waals surface area contributed by atoms with Crippen LogP contribution in [-0.4, -0.2) is 31.8 Å². The molecule has 0 spiro atoms. The average molecular weight is 469 g/mol. The van der Waals surface area contributed by atoms with E-state index in [1.807, 2.05) is 49.4 Å². The fraction of sp³-hybridized carbons (Fsp3) is 0.107. The Balaban J connectivity index is 1.49. The minimum absolute atomic E-state index is 0.185. The van der Waals surface area contributed by atoms with Gasteiger partial charge in [-0.15, -0.1) is 0 Å². The van der Waals surface area contributed by atoms with Crippen molar-refractivity contribution in [3.05, 3.63) is 102 Å². The second kappa shape index (κ2) is 11.0. The molecule has 1 amide bonds. The van der Waals surface area contributed by atoms with E-state index in [9.17, 15) is 9.59 Å². The molecule has 0 fully saturated rings. The summed E-state index contributed by atoms with van der Waals surface area (Å²) >= 11 is 0. The van der Waals surface area contributed by atoms with Crippen molar-refractivity contribution in [1.82, 2.24) is 5.43 Å². The van der Waals surface area contributed by atoms with Crippen LogP contribution >= 0.6 is 0 Å². The van der Waals surface area contributed by atoms with E-state index in [0.29, 0.717) is 28.4 Å². The smallest absolute Gasteiger partial charge is 0.343 e. The lowest BCUT2D eigenvalue weighted by molar-refractivity contribution is -0.123. The van der Waals surface area contributed by atoms with E-state index >= 15 is 0 Å². The molecule has 4 aromatic rings. The standard InChI is InChI=1S/C28H24N2O5/c1-19-7-12-23(13-8-19)34-18-27(31)30-29-17-25-24-6-4-3-5-20(24)11-16-26(25)35-28(32)21-9-14-22(33-2)15-10-21/h3-17H,18H2,1-2H3,(H,30,31). The van der Waals surface area contributed by atoms with Crippen molar-refractivity contribution in [2.24, 2.45) is 5.10 Å². The first kappa shape index (κ1) is 23.5.